The molecule has 1 aromatic heterocycles. The Morgan fingerprint density at radius 2 is 1.66 bits per heavy atom. The van der Waals surface area contributed by atoms with Gasteiger partial charge in [0.05, 0.1) is 29.7 Å². The van der Waals surface area contributed by atoms with Gasteiger partial charge in [-0.2, -0.15) is 0 Å². The van der Waals surface area contributed by atoms with E-state index in [0.717, 1.165) is 5.69 Å². The molecule has 0 aliphatic heterocycles. The number of ether oxygens (including phenoxy) is 1. The number of carbonyl (C=O) groups is 2. The van der Waals surface area contributed by atoms with E-state index in [2.05, 4.69) is 20.9 Å². The summed E-state index contributed by atoms with van der Waals surface area (Å²) < 4.78 is 5.54. The fraction of sp³-hybridized carbons (Fsp3) is 0.136. The smallest absolute Gasteiger partial charge is 0.257 e. The van der Waals surface area contributed by atoms with Gasteiger partial charge in [-0.15, -0.1) is 0 Å². The largest absolute Gasteiger partial charge is 0.492 e. The average molecular weight is 390 g/mol. The van der Waals surface area contributed by atoms with Crippen LogP contribution in [0.15, 0.2) is 67.0 Å². The van der Waals surface area contributed by atoms with Crippen molar-refractivity contribution in [3.8, 4) is 5.75 Å². The van der Waals surface area contributed by atoms with Gasteiger partial charge in [-0.25, -0.2) is 0 Å². The SMILES string of the molecule is CCOc1ccccc1NC(=O)c1cncc(Nc2ccc(NC(C)=O)cc2)c1. The summed E-state index contributed by atoms with van der Waals surface area (Å²) in [6.45, 7) is 3.86. The molecule has 0 saturated carbocycles. The number of pyridine rings is 1. The van der Waals surface area contributed by atoms with Crippen molar-refractivity contribution in [1.82, 2.24) is 4.98 Å². The molecule has 2 amide bonds. The maximum absolute atomic E-state index is 12.6. The van der Waals surface area contributed by atoms with Crippen molar-refractivity contribution >= 4 is 34.6 Å². The molecule has 7 nitrogen and oxygen atoms in total. The summed E-state index contributed by atoms with van der Waals surface area (Å²) in [5, 5.41) is 8.77. The zero-order valence-electron chi connectivity index (χ0n) is 16.2. The predicted octanol–water partition coefficient (Wildman–Crippen LogP) is 4.43. The van der Waals surface area contributed by atoms with Crippen molar-refractivity contribution in [1.29, 1.82) is 0 Å². The fourth-order valence-electron chi connectivity index (χ4n) is 2.69. The van der Waals surface area contributed by atoms with Crippen molar-refractivity contribution in [2.24, 2.45) is 0 Å². The standard InChI is InChI=1S/C22H22N4O3/c1-3-29-21-7-5-4-6-20(21)26-22(28)16-12-19(14-23-13-16)25-18-10-8-17(9-11-18)24-15(2)27/h4-14,25H,3H2,1-2H3,(H,24,27)(H,26,28). The van der Waals surface area contributed by atoms with Gasteiger partial charge in [0.25, 0.3) is 5.91 Å². The normalized spacial score (nSPS) is 10.1. The van der Waals surface area contributed by atoms with E-state index in [1.807, 2.05) is 31.2 Å². The van der Waals surface area contributed by atoms with Gasteiger partial charge in [0.15, 0.2) is 0 Å². The maximum atomic E-state index is 12.6. The second-order valence-electron chi connectivity index (χ2n) is 6.23. The highest BCUT2D eigenvalue weighted by Gasteiger charge is 2.11. The third-order valence-corrected chi connectivity index (χ3v) is 3.93. The minimum atomic E-state index is -0.283. The van der Waals surface area contributed by atoms with Crippen LogP contribution in [0.5, 0.6) is 5.75 Å². The molecular weight excluding hydrogens is 368 g/mol. The highest BCUT2D eigenvalue weighted by Crippen LogP contribution is 2.25. The van der Waals surface area contributed by atoms with Crippen LogP contribution in [0.3, 0.4) is 0 Å². The first-order valence-electron chi connectivity index (χ1n) is 9.18. The lowest BCUT2D eigenvalue weighted by Crippen LogP contribution is -2.13. The summed E-state index contributed by atoms with van der Waals surface area (Å²) in [5.41, 5.74) is 3.20. The van der Waals surface area contributed by atoms with Crippen LogP contribution in [-0.4, -0.2) is 23.4 Å². The Bertz CT molecular complexity index is 1000. The Kier molecular flexibility index (Phi) is 6.42. The van der Waals surface area contributed by atoms with E-state index in [4.69, 9.17) is 4.74 Å². The number of nitrogens with zero attached hydrogens (tertiary/aromatic N) is 1. The second-order valence-corrected chi connectivity index (χ2v) is 6.23. The third-order valence-electron chi connectivity index (χ3n) is 3.93. The highest BCUT2D eigenvalue weighted by molar-refractivity contribution is 6.05. The van der Waals surface area contributed by atoms with Crippen LogP contribution in [0, 0.1) is 0 Å². The van der Waals surface area contributed by atoms with E-state index < -0.39 is 0 Å². The molecule has 148 valence electrons. The van der Waals surface area contributed by atoms with Crippen LogP contribution >= 0.6 is 0 Å². The van der Waals surface area contributed by atoms with Crippen molar-refractivity contribution in [2.75, 3.05) is 22.6 Å². The van der Waals surface area contributed by atoms with E-state index in [9.17, 15) is 9.59 Å². The van der Waals surface area contributed by atoms with Crippen LogP contribution in [-0.2, 0) is 4.79 Å². The highest BCUT2D eigenvalue weighted by atomic mass is 16.5. The molecule has 0 saturated heterocycles. The van der Waals surface area contributed by atoms with Crippen molar-refractivity contribution < 1.29 is 14.3 Å². The summed E-state index contributed by atoms with van der Waals surface area (Å²) in [4.78, 5) is 27.9. The van der Waals surface area contributed by atoms with Gasteiger partial charge in [-0.05, 0) is 49.4 Å². The van der Waals surface area contributed by atoms with Crippen molar-refractivity contribution in [3.05, 3.63) is 72.6 Å². The molecule has 0 fully saturated rings. The van der Waals surface area contributed by atoms with Gasteiger partial charge in [0.2, 0.25) is 5.91 Å². The number of hydrogen-bond donors (Lipinski definition) is 3. The minimum absolute atomic E-state index is 0.125. The van der Waals surface area contributed by atoms with E-state index in [1.54, 1.807) is 36.5 Å². The molecule has 1 heterocycles. The topological polar surface area (TPSA) is 92.3 Å². The summed E-state index contributed by atoms with van der Waals surface area (Å²) in [6, 6.07) is 16.2. The van der Waals surface area contributed by atoms with Gasteiger partial charge in [-0.1, -0.05) is 12.1 Å². The van der Waals surface area contributed by atoms with Crippen molar-refractivity contribution in [3.63, 3.8) is 0 Å². The Balaban J connectivity index is 1.70. The summed E-state index contributed by atoms with van der Waals surface area (Å²) in [6.07, 6.45) is 3.14. The quantitative estimate of drug-likeness (QED) is 0.555. The van der Waals surface area contributed by atoms with E-state index in [-0.39, 0.29) is 11.8 Å². The zero-order chi connectivity index (χ0) is 20.6. The molecule has 0 aliphatic carbocycles. The number of rotatable bonds is 7. The maximum Gasteiger partial charge on any atom is 0.257 e. The molecule has 3 aromatic rings. The number of aromatic nitrogens is 1. The average Bonchev–Trinajstić information content (AvgIpc) is 2.71. The zero-order valence-corrected chi connectivity index (χ0v) is 16.2. The summed E-state index contributed by atoms with van der Waals surface area (Å²) >= 11 is 0. The number of nitrogens with one attached hydrogen (secondary N) is 3. The number of anilines is 4. The fourth-order valence-corrected chi connectivity index (χ4v) is 2.69. The predicted molar refractivity (Wildman–Crippen MR) is 114 cm³/mol. The van der Waals surface area contributed by atoms with Crippen LogP contribution in [0.1, 0.15) is 24.2 Å². The third kappa shape index (κ3) is 5.55. The molecule has 2 aromatic carbocycles. The van der Waals surface area contributed by atoms with Crippen LogP contribution < -0.4 is 20.7 Å². The lowest BCUT2D eigenvalue weighted by molar-refractivity contribution is -0.114. The van der Waals surface area contributed by atoms with Gasteiger partial charge < -0.3 is 20.7 Å². The Hall–Kier alpha value is -3.87. The molecule has 0 radical (unpaired) electrons. The molecule has 3 rings (SSSR count). The monoisotopic (exact) mass is 390 g/mol. The number of carbonyl (C=O) groups excluding carboxylic acids is 2. The van der Waals surface area contributed by atoms with Gasteiger partial charge >= 0.3 is 0 Å². The molecule has 0 bridgehead atoms. The lowest BCUT2D eigenvalue weighted by atomic mass is 10.2. The Morgan fingerprint density at radius 1 is 0.931 bits per heavy atom. The molecule has 0 unspecified atom stereocenters. The van der Waals surface area contributed by atoms with Crippen LogP contribution in [0.2, 0.25) is 0 Å². The molecule has 3 N–H and O–H groups in total. The first-order chi connectivity index (χ1) is 14.0. The number of para-hydroxylation sites is 2. The molecule has 7 heteroatoms. The van der Waals surface area contributed by atoms with E-state index in [1.165, 1.54) is 13.1 Å². The first-order valence-corrected chi connectivity index (χ1v) is 9.18. The second kappa shape index (κ2) is 9.36. The summed E-state index contributed by atoms with van der Waals surface area (Å²) in [7, 11) is 0. The molecule has 29 heavy (non-hydrogen) atoms. The first kappa shape index (κ1) is 19.9. The number of hydrogen-bond acceptors (Lipinski definition) is 5. The Labute approximate surface area is 169 Å². The summed E-state index contributed by atoms with van der Waals surface area (Å²) in [5.74, 6) is 0.207. The van der Waals surface area contributed by atoms with Crippen molar-refractivity contribution in [2.45, 2.75) is 13.8 Å². The molecule has 0 aliphatic rings. The molecule has 0 spiro atoms. The van der Waals surface area contributed by atoms with Gasteiger partial charge in [0.1, 0.15) is 5.75 Å². The number of amides is 2. The lowest BCUT2D eigenvalue weighted by Gasteiger charge is -2.12. The van der Waals surface area contributed by atoms with Gasteiger partial charge in [-0.3, -0.25) is 14.6 Å². The minimum Gasteiger partial charge on any atom is -0.492 e. The number of benzene rings is 2. The molecular formula is C22H22N4O3. The Morgan fingerprint density at radius 3 is 2.38 bits per heavy atom. The van der Waals surface area contributed by atoms with Crippen LogP contribution in [0.4, 0.5) is 22.7 Å². The van der Waals surface area contributed by atoms with E-state index in [0.29, 0.717) is 35.0 Å². The van der Waals surface area contributed by atoms with Crippen LogP contribution in [0.25, 0.3) is 0 Å². The van der Waals surface area contributed by atoms with Gasteiger partial charge in [0, 0.05) is 24.5 Å². The van der Waals surface area contributed by atoms with E-state index >= 15 is 0 Å². The molecule has 0 atom stereocenters.